The third kappa shape index (κ3) is 1.62. The van der Waals surface area contributed by atoms with Gasteiger partial charge in [0.05, 0.1) is 17.3 Å². The SMILES string of the molecule is O=C(O)c1cccn2c(-c3ccc(Br)o3)ncc12. The molecule has 0 aliphatic heterocycles. The Morgan fingerprint density at radius 2 is 2.22 bits per heavy atom. The van der Waals surface area contributed by atoms with Gasteiger partial charge >= 0.3 is 5.97 Å². The van der Waals surface area contributed by atoms with Crippen molar-refractivity contribution in [3.8, 4) is 11.6 Å². The number of rotatable bonds is 2. The number of fused-ring (bicyclic) bond motifs is 1. The van der Waals surface area contributed by atoms with E-state index in [1.54, 1.807) is 34.9 Å². The van der Waals surface area contributed by atoms with Crippen LogP contribution in [0.25, 0.3) is 17.1 Å². The van der Waals surface area contributed by atoms with E-state index in [2.05, 4.69) is 20.9 Å². The highest BCUT2D eigenvalue weighted by molar-refractivity contribution is 9.10. The van der Waals surface area contributed by atoms with Crippen LogP contribution < -0.4 is 0 Å². The second-order valence-electron chi connectivity index (χ2n) is 3.67. The Kier molecular flexibility index (Phi) is 2.45. The van der Waals surface area contributed by atoms with Gasteiger partial charge in [-0.15, -0.1) is 0 Å². The van der Waals surface area contributed by atoms with Gasteiger partial charge in [-0.1, -0.05) is 0 Å². The molecule has 0 saturated heterocycles. The molecule has 3 rings (SSSR count). The molecule has 3 heterocycles. The first kappa shape index (κ1) is 11.0. The summed E-state index contributed by atoms with van der Waals surface area (Å²) in [5.41, 5.74) is 0.745. The van der Waals surface area contributed by atoms with Crippen molar-refractivity contribution >= 4 is 27.4 Å². The number of furan rings is 1. The highest BCUT2D eigenvalue weighted by atomic mass is 79.9. The van der Waals surface area contributed by atoms with Gasteiger partial charge in [-0.2, -0.15) is 0 Å². The van der Waals surface area contributed by atoms with Crippen molar-refractivity contribution in [2.45, 2.75) is 0 Å². The number of aromatic carboxylic acids is 1. The second-order valence-corrected chi connectivity index (χ2v) is 4.45. The van der Waals surface area contributed by atoms with Crippen LogP contribution in [0.5, 0.6) is 0 Å². The Hall–Kier alpha value is -2.08. The standard InChI is InChI=1S/C12H7BrN2O3/c13-10-4-3-9(18-10)11-14-6-8-7(12(16)17)2-1-5-15(8)11/h1-6H,(H,16,17). The number of nitrogens with zero attached hydrogens (tertiary/aromatic N) is 2. The van der Waals surface area contributed by atoms with E-state index in [4.69, 9.17) is 9.52 Å². The molecule has 90 valence electrons. The van der Waals surface area contributed by atoms with Gasteiger partial charge in [0.25, 0.3) is 0 Å². The lowest BCUT2D eigenvalue weighted by atomic mass is 10.2. The summed E-state index contributed by atoms with van der Waals surface area (Å²) in [5.74, 6) is 0.163. The molecule has 3 aromatic rings. The van der Waals surface area contributed by atoms with Crippen molar-refractivity contribution in [1.82, 2.24) is 9.38 Å². The van der Waals surface area contributed by atoms with Crippen LogP contribution in [0.2, 0.25) is 0 Å². The van der Waals surface area contributed by atoms with Crippen molar-refractivity contribution in [1.29, 1.82) is 0 Å². The number of hydrogen-bond donors (Lipinski definition) is 1. The monoisotopic (exact) mass is 306 g/mol. The van der Waals surface area contributed by atoms with Crippen LogP contribution in [0.15, 0.2) is 45.7 Å². The van der Waals surface area contributed by atoms with Crippen LogP contribution in [0, 0.1) is 0 Å². The van der Waals surface area contributed by atoms with Gasteiger partial charge in [-0.25, -0.2) is 9.78 Å². The minimum absolute atomic E-state index is 0.210. The van der Waals surface area contributed by atoms with Crippen LogP contribution in [0.4, 0.5) is 0 Å². The van der Waals surface area contributed by atoms with E-state index < -0.39 is 5.97 Å². The van der Waals surface area contributed by atoms with E-state index in [1.165, 1.54) is 6.20 Å². The fraction of sp³-hybridized carbons (Fsp3) is 0. The summed E-state index contributed by atoms with van der Waals surface area (Å²) in [5, 5.41) is 9.09. The molecule has 3 aromatic heterocycles. The molecule has 6 heteroatoms. The molecule has 0 fully saturated rings. The highest BCUT2D eigenvalue weighted by Gasteiger charge is 2.14. The van der Waals surface area contributed by atoms with Crippen LogP contribution in [-0.2, 0) is 0 Å². The van der Waals surface area contributed by atoms with Gasteiger partial charge < -0.3 is 9.52 Å². The molecule has 0 unspecified atom stereocenters. The number of carboxylic acid groups (broad SMARTS) is 1. The number of imidazole rings is 1. The summed E-state index contributed by atoms with van der Waals surface area (Å²) in [6, 6.07) is 6.74. The van der Waals surface area contributed by atoms with Gasteiger partial charge in [0.15, 0.2) is 16.3 Å². The average Bonchev–Trinajstić information content (AvgIpc) is 2.93. The quantitative estimate of drug-likeness (QED) is 0.790. The first-order valence-electron chi connectivity index (χ1n) is 5.12. The Bertz CT molecular complexity index is 745. The Balaban J connectivity index is 2.27. The number of carboxylic acids is 1. The molecule has 5 nitrogen and oxygen atoms in total. The van der Waals surface area contributed by atoms with E-state index in [0.29, 0.717) is 21.8 Å². The molecule has 0 atom stereocenters. The zero-order valence-corrected chi connectivity index (χ0v) is 10.6. The maximum absolute atomic E-state index is 11.1. The molecule has 1 N–H and O–H groups in total. The Labute approximate surface area is 110 Å². The molecule has 0 aliphatic rings. The van der Waals surface area contributed by atoms with Crippen molar-refractivity contribution in [2.24, 2.45) is 0 Å². The van der Waals surface area contributed by atoms with Gasteiger partial charge in [-0.05, 0) is 40.2 Å². The largest absolute Gasteiger partial charge is 0.478 e. The molecule has 0 saturated carbocycles. The normalized spacial score (nSPS) is 10.9. The number of aromatic nitrogens is 2. The third-order valence-electron chi connectivity index (χ3n) is 2.59. The predicted molar refractivity (Wildman–Crippen MR) is 67.6 cm³/mol. The molecule has 18 heavy (non-hydrogen) atoms. The number of halogens is 1. The maximum atomic E-state index is 11.1. The summed E-state index contributed by atoms with van der Waals surface area (Å²) in [7, 11) is 0. The highest BCUT2D eigenvalue weighted by Crippen LogP contribution is 2.25. The van der Waals surface area contributed by atoms with Crippen LogP contribution in [0.3, 0.4) is 0 Å². The summed E-state index contributed by atoms with van der Waals surface area (Å²) in [6.07, 6.45) is 3.27. The van der Waals surface area contributed by atoms with Crippen LogP contribution in [-0.4, -0.2) is 20.5 Å². The van der Waals surface area contributed by atoms with Crippen LogP contribution in [0.1, 0.15) is 10.4 Å². The van der Waals surface area contributed by atoms with E-state index in [9.17, 15) is 4.79 Å². The number of carbonyl (C=O) groups is 1. The topological polar surface area (TPSA) is 67.7 Å². The first-order valence-corrected chi connectivity index (χ1v) is 5.91. The molecule has 0 aliphatic carbocycles. The smallest absolute Gasteiger partial charge is 0.337 e. The number of hydrogen-bond acceptors (Lipinski definition) is 3. The Morgan fingerprint density at radius 3 is 2.89 bits per heavy atom. The number of pyridine rings is 1. The predicted octanol–water partition coefficient (Wildman–Crippen LogP) is 3.06. The van der Waals surface area contributed by atoms with Gasteiger partial charge in [0.2, 0.25) is 0 Å². The lowest BCUT2D eigenvalue weighted by Gasteiger charge is -2.00. The molecule has 0 amide bonds. The molecule has 0 aromatic carbocycles. The van der Waals surface area contributed by atoms with Gasteiger partial charge in [0, 0.05) is 6.20 Å². The van der Waals surface area contributed by atoms with E-state index in [-0.39, 0.29) is 5.56 Å². The first-order chi connectivity index (χ1) is 8.66. The molecular formula is C12H7BrN2O3. The zero-order valence-electron chi connectivity index (χ0n) is 9.00. The third-order valence-corrected chi connectivity index (χ3v) is 3.02. The molecule has 0 bridgehead atoms. The summed E-state index contributed by atoms with van der Waals surface area (Å²) in [6.45, 7) is 0. The molecular weight excluding hydrogens is 300 g/mol. The summed E-state index contributed by atoms with van der Waals surface area (Å²) < 4.78 is 7.71. The van der Waals surface area contributed by atoms with E-state index >= 15 is 0 Å². The molecule has 0 radical (unpaired) electrons. The van der Waals surface area contributed by atoms with E-state index in [1.807, 2.05) is 0 Å². The summed E-state index contributed by atoms with van der Waals surface area (Å²) >= 11 is 3.22. The van der Waals surface area contributed by atoms with Gasteiger partial charge in [-0.3, -0.25) is 4.40 Å². The van der Waals surface area contributed by atoms with E-state index in [0.717, 1.165) is 0 Å². The summed E-state index contributed by atoms with van der Waals surface area (Å²) in [4.78, 5) is 15.3. The second kappa shape index (κ2) is 3.99. The minimum atomic E-state index is -0.979. The van der Waals surface area contributed by atoms with Crippen molar-refractivity contribution in [3.63, 3.8) is 0 Å². The van der Waals surface area contributed by atoms with Crippen molar-refractivity contribution in [3.05, 3.63) is 46.9 Å². The molecule has 0 spiro atoms. The van der Waals surface area contributed by atoms with Crippen LogP contribution >= 0.6 is 15.9 Å². The Morgan fingerprint density at radius 1 is 1.39 bits per heavy atom. The lowest BCUT2D eigenvalue weighted by Crippen LogP contribution is -1.99. The lowest BCUT2D eigenvalue weighted by molar-refractivity contribution is 0.0698. The maximum Gasteiger partial charge on any atom is 0.337 e. The minimum Gasteiger partial charge on any atom is -0.478 e. The average molecular weight is 307 g/mol. The zero-order chi connectivity index (χ0) is 12.7. The van der Waals surface area contributed by atoms with Crippen molar-refractivity contribution < 1.29 is 14.3 Å². The fourth-order valence-corrected chi connectivity index (χ4v) is 2.13. The van der Waals surface area contributed by atoms with Crippen molar-refractivity contribution in [2.75, 3.05) is 0 Å². The fourth-order valence-electron chi connectivity index (χ4n) is 1.82. The van der Waals surface area contributed by atoms with Gasteiger partial charge in [0.1, 0.15) is 0 Å².